The maximum Gasteiger partial charge on any atom is 0.407 e. The van der Waals surface area contributed by atoms with E-state index in [1.807, 2.05) is 0 Å². The van der Waals surface area contributed by atoms with Crippen molar-refractivity contribution in [2.75, 3.05) is 26.3 Å². The molecule has 0 spiro atoms. The second-order valence-electron chi connectivity index (χ2n) is 17.3. The normalized spacial score (nSPS) is 11.2. The smallest absolute Gasteiger partial charge is 0.407 e. The van der Waals surface area contributed by atoms with Gasteiger partial charge in [0.05, 0.1) is 13.2 Å². The Labute approximate surface area is 350 Å². The van der Waals surface area contributed by atoms with Crippen molar-refractivity contribution in [3.8, 4) is 0 Å². The van der Waals surface area contributed by atoms with Crippen LogP contribution in [0.4, 0.5) is 9.59 Å². The minimum absolute atomic E-state index is 0.248. The van der Waals surface area contributed by atoms with Crippen LogP contribution in [0.2, 0.25) is 0 Å². The molecule has 334 valence electrons. The van der Waals surface area contributed by atoms with Gasteiger partial charge in [-0.25, -0.2) is 9.59 Å². The monoisotopic (exact) mass is 793 g/mol. The Kier molecular flexibility index (Phi) is 48.4. The number of rotatable bonds is 47. The Morgan fingerprint density at radius 3 is 0.661 bits per heavy atom. The van der Waals surface area contributed by atoms with Crippen LogP contribution in [-0.2, 0) is 9.47 Å². The highest BCUT2D eigenvalue weighted by Crippen LogP contribution is 2.16. The minimum Gasteiger partial charge on any atom is -0.450 e. The van der Waals surface area contributed by atoms with Gasteiger partial charge in [0, 0.05) is 13.1 Å². The van der Waals surface area contributed by atoms with E-state index in [-0.39, 0.29) is 12.2 Å². The van der Waals surface area contributed by atoms with Gasteiger partial charge in [-0.15, -0.1) is 0 Å². The van der Waals surface area contributed by atoms with Crippen molar-refractivity contribution in [2.45, 2.75) is 284 Å². The topological polar surface area (TPSA) is 76.7 Å². The lowest BCUT2D eigenvalue weighted by atomic mass is 10.0. The molecule has 56 heavy (non-hydrogen) atoms. The quantitative estimate of drug-likeness (QED) is 0.0602. The largest absolute Gasteiger partial charge is 0.450 e. The van der Waals surface area contributed by atoms with E-state index in [0.717, 1.165) is 51.6 Å². The second-order valence-corrected chi connectivity index (χ2v) is 17.3. The van der Waals surface area contributed by atoms with E-state index in [1.165, 1.54) is 231 Å². The van der Waals surface area contributed by atoms with Crippen LogP contribution >= 0.6 is 0 Å². The summed E-state index contributed by atoms with van der Waals surface area (Å²) in [6.45, 7) is 7.11. The van der Waals surface area contributed by atoms with Crippen molar-refractivity contribution in [3.63, 3.8) is 0 Å². The molecule has 2 N–H and O–H groups in total. The fourth-order valence-electron chi connectivity index (χ4n) is 7.78. The fourth-order valence-corrected chi connectivity index (χ4v) is 7.78. The summed E-state index contributed by atoms with van der Waals surface area (Å²) in [5.74, 6) is 0. The summed E-state index contributed by atoms with van der Waals surface area (Å²) < 4.78 is 10.7. The third-order valence-corrected chi connectivity index (χ3v) is 11.6. The highest BCUT2D eigenvalue weighted by Gasteiger charge is 2.03. The molecule has 0 bridgehead atoms. The standard InChI is InChI=1S/C50H100N2O4/c1-3-5-7-9-11-13-15-17-19-21-23-25-29-33-37-41-45-51-49(53)55-47-43-39-35-31-27-28-32-36-40-44-48-56-50(54)52-46-42-38-34-30-26-24-22-20-18-16-14-12-10-8-6-4-2/h3-48H2,1-2H3,(H,51,53)(H,52,54). The summed E-state index contributed by atoms with van der Waals surface area (Å²) in [5, 5.41) is 5.84. The SMILES string of the molecule is CCCCCCCCCCCCCCCCCCNC(=O)OCCCCCCCCCCCCOC(=O)NCCCCCCCCCCCCCCCCCC. The summed E-state index contributed by atoms with van der Waals surface area (Å²) in [7, 11) is 0. The molecule has 0 aromatic rings. The maximum atomic E-state index is 11.9. The zero-order chi connectivity index (χ0) is 40.5. The Morgan fingerprint density at radius 1 is 0.268 bits per heavy atom. The summed E-state index contributed by atoms with van der Waals surface area (Å²) >= 11 is 0. The maximum absolute atomic E-state index is 11.9. The van der Waals surface area contributed by atoms with Gasteiger partial charge in [0.15, 0.2) is 0 Å². The number of amides is 2. The molecular formula is C50H100N2O4. The molecule has 0 atom stereocenters. The third-order valence-electron chi connectivity index (χ3n) is 11.6. The average Bonchev–Trinajstić information content (AvgIpc) is 3.20. The zero-order valence-electron chi connectivity index (χ0n) is 38.2. The van der Waals surface area contributed by atoms with Crippen LogP contribution < -0.4 is 10.6 Å². The van der Waals surface area contributed by atoms with E-state index >= 15 is 0 Å². The highest BCUT2D eigenvalue weighted by molar-refractivity contribution is 5.67. The molecule has 0 rings (SSSR count). The molecule has 0 fully saturated rings. The van der Waals surface area contributed by atoms with E-state index in [0.29, 0.717) is 13.2 Å². The molecule has 0 aliphatic carbocycles. The lowest BCUT2D eigenvalue weighted by Crippen LogP contribution is -2.25. The summed E-state index contributed by atoms with van der Waals surface area (Å²) in [6, 6.07) is 0. The van der Waals surface area contributed by atoms with E-state index in [1.54, 1.807) is 0 Å². The molecule has 0 saturated carbocycles. The molecule has 0 aliphatic heterocycles. The zero-order valence-corrected chi connectivity index (χ0v) is 38.2. The van der Waals surface area contributed by atoms with E-state index in [2.05, 4.69) is 24.5 Å². The van der Waals surface area contributed by atoms with Crippen LogP contribution in [-0.4, -0.2) is 38.5 Å². The van der Waals surface area contributed by atoms with Gasteiger partial charge in [0.25, 0.3) is 0 Å². The first-order chi connectivity index (χ1) is 27.7. The number of alkyl carbamates (subject to hydrolysis) is 2. The molecular weight excluding hydrogens is 693 g/mol. The van der Waals surface area contributed by atoms with Gasteiger partial charge in [-0.2, -0.15) is 0 Å². The molecule has 0 heterocycles. The van der Waals surface area contributed by atoms with Crippen molar-refractivity contribution < 1.29 is 19.1 Å². The number of unbranched alkanes of at least 4 members (excludes halogenated alkanes) is 39. The Bertz CT molecular complexity index is 701. The second kappa shape index (κ2) is 49.7. The van der Waals surface area contributed by atoms with Gasteiger partial charge in [0.1, 0.15) is 0 Å². The van der Waals surface area contributed by atoms with Crippen LogP contribution in [0.3, 0.4) is 0 Å². The van der Waals surface area contributed by atoms with Gasteiger partial charge >= 0.3 is 12.2 Å². The summed E-state index contributed by atoms with van der Waals surface area (Å²) in [6.07, 6.45) is 54.8. The van der Waals surface area contributed by atoms with Crippen LogP contribution in [0, 0.1) is 0 Å². The predicted molar refractivity (Wildman–Crippen MR) is 244 cm³/mol. The third kappa shape index (κ3) is 48.7. The van der Waals surface area contributed by atoms with Gasteiger partial charge < -0.3 is 20.1 Å². The van der Waals surface area contributed by atoms with Crippen LogP contribution in [0.5, 0.6) is 0 Å². The van der Waals surface area contributed by atoms with Crippen LogP contribution in [0.15, 0.2) is 0 Å². The van der Waals surface area contributed by atoms with Gasteiger partial charge in [-0.3, -0.25) is 0 Å². The number of nitrogens with one attached hydrogen (secondary N) is 2. The van der Waals surface area contributed by atoms with Gasteiger partial charge in [-0.1, -0.05) is 258 Å². The van der Waals surface area contributed by atoms with Gasteiger partial charge in [-0.05, 0) is 25.7 Å². The van der Waals surface area contributed by atoms with Crippen molar-refractivity contribution in [1.29, 1.82) is 0 Å². The van der Waals surface area contributed by atoms with Crippen molar-refractivity contribution >= 4 is 12.2 Å². The highest BCUT2D eigenvalue weighted by atomic mass is 16.6. The van der Waals surface area contributed by atoms with Crippen LogP contribution in [0.1, 0.15) is 284 Å². The minimum atomic E-state index is -0.248. The molecule has 0 unspecified atom stereocenters. The van der Waals surface area contributed by atoms with Crippen molar-refractivity contribution in [1.82, 2.24) is 10.6 Å². The molecule has 6 nitrogen and oxygen atoms in total. The Morgan fingerprint density at radius 2 is 0.446 bits per heavy atom. The first kappa shape index (κ1) is 54.5. The molecule has 0 radical (unpaired) electrons. The molecule has 0 aliphatic rings. The average molecular weight is 793 g/mol. The summed E-state index contributed by atoms with van der Waals surface area (Å²) in [5.41, 5.74) is 0. The Hall–Kier alpha value is -1.46. The number of hydrogen-bond acceptors (Lipinski definition) is 4. The van der Waals surface area contributed by atoms with Crippen molar-refractivity contribution in [2.24, 2.45) is 0 Å². The molecule has 0 aromatic carbocycles. The lowest BCUT2D eigenvalue weighted by molar-refractivity contribution is 0.142. The van der Waals surface area contributed by atoms with Crippen LogP contribution in [0.25, 0.3) is 0 Å². The molecule has 0 aromatic heterocycles. The molecule has 0 saturated heterocycles. The first-order valence-electron chi connectivity index (χ1n) is 25.5. The van der Waals surface area contributed by atoms with Crippen molar-refractivity contribution in [3.05, 3.63) is 0 Å². The number of ether oxygens (including phenoxy) is 2. The fraction of sp³-hybridized carbons (Fsp3) is 0.960. The number of hydrogen-bond donors (Lipinski definition) is 2. The van der Waals surface area contributed by atoms with Gasteiger partial charge in [0.2, 0.25) is 0 Å². The van der Waals surface area contributed by atoms with E-state index in [4.69, 9.17) is 9.47 Å². The Balaban J connectivity index is 3.21. The van der Waals surface area contributed by atoms with E-state index < -0.39 is 0 Å². The lowest BCUT2D eigenvalue weighted by Gasteiger charge is -2.08. The number of carbonyl (C=O) groups excluding carboxylic acids is 2. The number of carbonyl (C=O) groups is 2. The summed E-state index contributed by atoms with van der Waals surface area (Å²) in [4.78, 5) is 23.8. The predicted octanol–water partition coefficient (Wildman–Crippen LogP) is 16.9. The first-order valence-corrected chi connectivity index (χ1v) is 25.5. The van der Waals surface area contributed by atoms with E-state index in [9.17, 15) is 9.59 Å². The molecule has 6 heteroatoms. The molecule has 2 amide bonds.